The van der Waals surface area contributed by atoms with E-state index in [1.807, 2.05) is 0 Å². The summed E-state index contributed by atoms with van der Waals surface area (Å²) in [7, 11) is 0. The molecule has 0 spiro atoms. The lowest BCUT2D eigenvalue weighted by Gasteiger charge is -2.26. The standard InChI is InChI=1S/C46H29N3/c1-2-14-32(15-3-1)47(35-27-26-30-12-4-5-13-31(30)28-35)33-16-8-17-34(29-33)48-41-23-10-19-37-39-21-9-20-38-36-18-6-7-22-40(36)49(46(38)39)43-25-11-24-42(48)45(43)44(37)41/h1-29H. The Labute approximate surface area is 282 Å². The van der Waals surface area contributed by atoms with Crippen LogP contribution in [0.25, 0.3) is 76.4 Å². The second-order valence-electron chi connectivity index (χ2n) is 13.0. The first-order chi connectivity index (χ1) is 24.3. The largest absolute Gasteiger partial charge is 0.310 e. The Morgan fingerprint density at radius 2 is 0.939 bits per heavy atom. The lowest BCUT2D eigenvalue weighted by atomic mass is 10.0. The molecule has 0 atom stereocenters. The Morgan fingerprint density at radius 3 is 1.84 bits per heavy atom. The van der Waals surface area contributed by atoms with Crippen molar-refractivity contribution in [1.82, 2.24) is 8.97 Å². The number of aromatic nitrogens is 2. The molecule has 0 fully saturated rings. The average molecular weight is 624 g/mol. The molecule has 0 amide bonds. The predicted molar refractivity (Wildman–Crippen MR) is 208 cm³/mol. The maximum atomic E-state index is 2.50. The second-order valence-corrected chi connectivity index (χ2v) is 13.0. The van der Waals surface area contributed by atoms with Gasteiger partial charge in [0.2, 0.25) is 0 Å². The highest BCUT2D eigenvalue weighted by molar-refractivity contribution is 6.31. The molecule has 0 unspecified atom stereocenters. The maximum Gasteiger partial charge on any atom is 0.0619 e. The van der Waals surface area contributed by atoms with Crippen molar-refractivity contribution in [3.05, 3.63) is 176 Å². The molecule has 0 N–H and O–H groups in total. The second kappa shape index (κ2) is 9.96. The number of hydrogen-bond acceptors (Lipinski definition) is 1. The molecule has 3 nitrogen and oxygen atoms in total. The zero-order chi connectivity index (χ0) is 32.1. The Morgan fingerprint density at radius 1 is 0.347 bits per heavy atom. The van der Waals surface area contributed by atoms with E-state index in [9.17, 15) is 0 Å². The number of hydrogen-bond donors (Lipinski definition) is 0. The molecule has 11 rings (SSSR count). The Balaban J connectivity index is 1.22. The summed E-state index contributed by atoms with van der Waals surface area (Å²) < 4.78 is 4.96. The summed E-state index contributed by atoms with van der Waals surface area (Å²) in [6.07, 6.45) is 0. The topological polar surface area (TPSA) is 12.6 Å². The van der Waals surface area contributed by atoms with E-state index in [0.717, 1.165) is 22.7 Å². The zero-order valence-corrected chi connectivity index (χ0v) is 26.6. The maximum absolute atomic E-state index is 2.50. The van der Waals surface area contributed by atoms with Crippen LogP contribution in [0.4, 0.5) is 17.1 Å². The summed E-state index contributed by atoms with van der Waals surface area (Å²) >= 11 is 0. The number of para-hydroxylation sites is 3. The summed E-state index contributed by atoms with van der Waals surface area (Å²) in [6, 6.07) is 64.2. The van der Waals surface area contributed by atoms with E-state index >= 15 is 0 Å². The van der Waals surface area contributed by atoms with Gasteiger partial charge in [0.1, 0.15) is 0 Å². The van der Waals surface area contributed by atoms with Crippen molar-refractivity contribution in [1.29, 1.82) is 0 Å². The molecule has 11 aromatic rings. The van der Waals surface area contributed by atoms with Crippen molar-refractivity contribution in [2.45, 2.75) is 0 Å². The molecule has 3 aromatic heterocycles. The number of benzene rings is 8. The quantitative estimate of drug-likeness (QED) is 0.190. The third-order valence-electron chi connectivity index (χ3n) is 10.4. The van der Waals surface area contributed by atoms with Gasteiger partial charge in [-0.2, -0.15) is 0 Å². The number of rotatable bonds is 4. The minimum atomic E-state index is 1.11. The third kappa shape index (κ3) is 3.67. The van der Waals surface area contributed by atoms with Crippen LogP contribution in [0, 0.1) is 0 Å². The first kappa shape index (κ1) is 26.5. The van der Waals surface area contributed by atoms with E-state index in [2.05, 4.69) is 190 Å². The number of nitrogens with zero attached hydrogens (tertiary/aromatic N) is 3. The van der Waals surface area contributed by atoms with Crippen molar-refractivity contribution in [2.24, 2.45) is 0 Å². The van der Waals surface area contributed by atoms with Crippen LogP contribution >= 0.6 is 0 Å². The SMILES string of the molecule is c1ccc(N(c2cccc(-n3c4cccc5c6cccc7c8ccccc8n(c8cccc3c8c54)c67)c2)c2ccc3ccccc3c2)cc1. The van der Waals surface area contributed by atoms with E-state index < -0.39 is 0 Å². The van der Waals surface area contributed by atoms with Gasteiger partial charge in [-0.25, -0.2) is 0 Å². The first-order valence-corrected chi connectivity index (χ1v) is 16.9. The summed E-state index contributed by atoms with van der Waals surface area (Å²) in [5, 5.41) is 10.2. The van der Waals surface area contributed by atoms with Crippen LogP contribution in [0.1, 0.15) is 0 Å². The highest BCUT2D eigenvalue weighted by Crippen LogP contribution is 2.45. The Bertz CT molecular complexity index is 3060. The summed E-state index contributed by atoms with van der Waals surface area (Å²) in [6.45, 7) is 0. The molecular weight excluding hydrogens is 595 g/mol. The van der Waals surface area contributed by atoms with Crippen molar-refractivity contribution in [2.75, 3.05) is 4.90 Å². The van der Waals surface area contributed by atoms with E-state index in [1.54, 1.807) is 0 Å². The van der Waals surface area contributed by atoms with E-state index in [0.29, 0.717) is 0 Å². The van der Waals surface area contributed by atoms with Gasteiger partial charge in [-0.05, 0) is 82.9 Å². The van der Waals surface area contributed by atoms with Gasteiger partial charge in [0, 0.05) is 49.7 Å². The van der Waals surface area contributed by atoms with Crippen molar-refractivity contribution in [3.8, 4) is 5.69 Å². The Kier molecular flexibility index (Phi) is 5.38. The summed E-state index contributed by atoms with van der Waals surface area (Å²) in [4.78, 5) is 2.36. The molecular formula is C46H29N3. The smallest absolute Gasteiger partial charge is 0.0619 e. The van der Waals surface area contributed by atoms with Crippen LogP contribution in [0.2, 0.25) is 0 Å². The molecule has 0 aliphatic rings. The monoisotopic (exact) mass is 623 g/mol. The normalized spacial score (nSPS) is 12.1. The zero-order valence-electron chi connectivity index (χ0n) is 26.6. The van der Waals surface area contributed by atoms with Gasteiger partial charge in [0.15, 0.2) is 0 Å². The van der Waals surface area contributed by atoms with Gasteiger partial charge in [-0.3, -0.25) is 0 Å². The van der Waals surface area contributed by atoms with Crippen LogP contribution in [0.5, 0.6) is 0 Å². The molecule has 3 heteroatoms. The fourth-order valence-electron chi connectivity index (χ4n) is 8.38. The van der Waals surface area contributed by atoms with Gasteiger partial charge < -0.3 is 13.9 Å². The molecule has 8 aromatic carbocycles. The molecule has 0 bridgehead atoms. The molecule has 0 saturated heterocycles. The van der Waals surface area contributed by atoms with Crippen molar-refractivity contribution < 1.29 is 0 Å². The molecule has 0 aliphatic carbocycles. The number of fused-ring (bicyclic) bond motifs is 6. The highest BCUT2D eigenvalue weighted by atomic mass is 15.1. The van der Waals surface area contributed by atoms with E-state index in [1.165, 1.54) is 70.7 Å². The highest BCUT2D eigenvalue weighted by Gasteiger charge is 2.22. The Hall–Kier alpha value is -6.58. The summed E-state index contributed by atoms with van der Waals surface area (Å²) in [5.41, 5.74) is 10.6. The van der Waals surface area contributed by atoms with Gasteiger partial charge in [-0.1, -0.05) is 109 Å². The summed E-state index contributed by atoms with van der Waals surface area (Å²) in [5.74, 6) is 0. The third-order valence-corrected chi connectivity index (χ3v) is 10.4. The fraction of sp³-hybridized carbons (Fsp3) is 0. The van der Waals surface area contributed by atoms with Gasteiger partial charge in [0.25, 0.3) is 0 Å². The molecule has 0 radical (unpaired) electrons. The predicted octanol–water partition coefficient (Wildman–Crippen LogP) is 12.6. The van der Waals surface area contributed by atoms with Gasteiger partial charge >= 0.3 is 0 Å². The molecule has 0 aliphatic heterocycles. The first-order valence-electron chi connectivity index (χ1n) is 16.9. The molecule has 3 heterocycles. The lowest BCUT2D eigenvalue weighted by molar-refractivity contribution is 1.17. The van der Waals surface area contributed by atoms with Crippen molar-refractivity contribution >= 4 is 87.7 Å². The van der Waals surface area contributed by atoms with Crippen molar-refractivity contribution in [3.63, 3.8) is 0 Å². The average Bonchev–Trinajstić information content (AvgIpc) is 3.64. The van der Waals surface area contributed by atoms with E-state index in [-0.39, 0.29) is 0 Å². The van der Waals surface area contributed by atoms with Crippen LogP contribution in [-0.2, 0) is 0 Å². The molecule has 49 heavy (non-hydrogen) atoms. The van der Waals surface area contributed by atoms with Gasteiger partial charge in [-0.15, -0.1) is 0 Å². The van der Waals surface area contributed by atoms with Crippen LogP contribution in [-0.4, -0.2) is 8.97 Å². The lowest BCUT2D eigenvalue weighted by Crippen LogP contribution is -2.10. The number of anilines is 3. The van der Waals surface area contributed by atoms with E-state index in [4.69, 9.17) is 0 Å². The van der Waals surface area contributed by atoms with Gasteiger partial charge in [0.05, 0.1) is 27.6 Å². The van der Waals surface area contributed by atoms with Crippen LogP contribution in [0.15, 0.2) is 176 Å². The minimum absolute atomic E-state index is 1.11. The van der Waals surface area contributed by atoms with Crippen LogP contribution < -0.4 is 4.90 Å². The molecule has 228 valence electrons. The molecule has 0 saturated carbocycles. The minimum Gasteiger partial charge on any atom is -0.310 e. The fourth-order valence-corrected chi connectivity index (χ4v) is 8.38. The van der Waals surface area contributed by atoms with Crippen LogP contribution in [0.3, 0.4) is 0 Å².